The zero-order valence-electron chi connectivity index (χ0n) is 10.5. The molecule has 0 aliphatic carbocycles. The molecule has 0 bridgehead atoms. The number of H-pyrrole nitrogens is 2. The Morgan fingerprint density at radius 2 is 2.05 bits per heavy atom. The van der Waals surface area contributed by atoms with Gasteiger partial charge in [-0.1, -0.05) is 6.07 Å². The lowest BCUT2D eigenvalue weighted by molar-refractivity contribution is 0.0929. The summed E-state index contributed by atoms with van der Waals surface area (Å²) in [6.07, 6.45) is -0.0150. The van der Waals surface area contributed by atoms with Crippen LogP contribution in [0, 0.1) is 11.6 Å². The molecule has 2 rings (SSSR count). The monoisotopic (exact) mass is 282 g/mol. The van der Waals surface area contributed by atoms with E-state index in [4.69, 9.17) is 0 Å². The second-order valence-corrected chi connectivity index (χ2v) is 4.31. The van der Waals surface area contributed by atoms with Gasteiger partial charge in [-0.3, -0.25) is 9.78 Å². The van der Waals surface area contributed by atoms with E-state index in [1.54, 1.807) is 6.92 Å². The Hall–Kier alpha value is -2.51. The Morgan fingerprint density at radius 3 is 2.60 bits per heavy atom. The molecule has 1 atom stereocenters. The fourth-order valence-electron chi connectivity index (χ4n) is 1.75. The van der Waals surface area contributed by atoms with E-state index in [1.807, 2.05) is 5.10 Å². The first kappa shape index (κ1) is 13.9. The number of rotatable bonds is 4. The van der Waals surface area contributed by atoms with E-state index >= 15 is 0 Å². The highest BCUT2D eigenvalue weighted by Crippen LogP contribution is 2.14. The summed E-state index contributed by atoms with van der Waals surface area (Å²) in [5.74, 6) is -2.15. The molecule has 3 N–H and O–H groups in total. The first-order valence-corrected chi connectivity index (χ1v) is 5.86. The first-order valence-electron chi connectivity index (χ1n) is 5.86. The van der Waals surface area contributed by atoms with E-state index in [0.717, 1.165) is 12.1 Å². The number of nitrogens with zero attached hydrogens (tertiary/aromatic N) is 1. The quantitative estimate of drug-likeness (QED) is 0.772. The number of nitrogens with one attached hydrogen (secondary N) is 3. The summed E-state index contributed by atoms with van der Waals surface area (Å²) in [7, 11) is 0. The van der Waals surface area contributed by atoms with Crippen LogP contribution in [-0.4, -0.2) is 27.1 Å². The number of aromatic amines is 2. The van der Waals surface area contributed by atoms with Gasteiger partial charge in [-0.25, -0.2) is 18.7 Å². The van der Waals surface area contributed by atoms with Gasteiger partial charge in [-0.15, -0.1) is 5.10 Å². The average molecular weight is 282 g/mol. The molecule has 0 spiro atoms. The molecule has 0 unspecified atom stereocenters. The predicted octanol–water partition coefficient (Wildman–Crippen LogP) is 0.737. The van der Waals surface area contributed by atoms with Gasteiger partial charge in [0.05, 0.1) is 0 Å². The van der Waals surface area contributed by atoms with Gasteiger partial charge in [-0.2, -0.15) is 0 Å². The molecule has 1 amide bonds. The van der Waals surface area contributed by atoms with E-state index in [9.17, 15) is 18.4 Å². The SMILES string of the molecule is C[C@H](Cc1c(F)cccc1F)NC(=O)c1n[nH]c(=O)[nH]1. The topological polar surface area (TPSA) is 90.6 Å². The molecule has 1 aromatic carbocycles. The standard InChI is InChI=1S/C12H12F2N4O2/c1-6(5-7-8(13)3-2-4-9(7)14)15-11(19)10-16-12(20)18-17-10/h2-4,6H,5H2,1H3,(H,15,19)(H2,16,17,18,20)/t6-/m1/s1. The maximum absolute atomic E-state index is 13.5. The molecule has 20 heavy (non-hydrogen) atoms. The largest absolute Gasteiger partial charge is 0.347 e. The number of carbonyl (C=O) groups is 1. The molecule has 106 valence electrons. The van der Waals surface area contributed by atoms with Crippen molar-refractivity contribution in [3.05, 3.63) is 51.7 Å². The van der Waals surface area contributed by atoms with Crippen LogP contribution >= 0.6 is 0 Å². The summed E-state index contributed by atoms with van der Waals surface area (Å²) in [5, 5.41) is 7.99. The third-order valence-corrected chi connectivity index (χ3v) is 2.67. The number of aromatic nitrogens is 3. The zero-order valence-corrected chi connectivity index (χ0v) is 10.5. The third kappa shape index (κ3) is 3.08. The van der Waals surface area contributed by atoms with E-state index in [0.29, 0.717) is 0 Å². The smallest absolute Gasteiger partial charge is 0.341 e. The van der Waals surface area contributed by atoms with Gasteiger partial charge < -0.3 is 5.32 Å². The van der Waals surface area contributed by atoms with Crippen LogP contribution in [0.5, 0.6) is 0 Å². The van der Waals surface area contributed by atoms with Crippen molar-refractivity contribution in [1.29, 1.82) is 0 Å². The fourth-order valence-corrected chi connectivity index (χ4v) is 1.75. The Morgan fingerprint density at radius 1 is 1.40 bits per heavy atom. The van der Waals surface area contributed by atoms with Crippen LogP contribution in [0.2, 0.25) is 0 Å². The summed E-state index contributed by atoms with van der Waals surface area (Å²) < 4.78 is 26.9. The second kappa shape index (κ2) is 5.64. The summed E-state index contributed by atoms with van der Waals surface area (Å²) in [6.45, 7) is 1.59. The van der Waals surface area contributed by atoms with Gasteiger partial charge in [0.2, 0.25) is 5.82 Å². The molecule has 1 aromatic heterocycles. The van der Waals surface area contributed by atoms with Crippen molar-refractivity contribution in [3.8, 4) is 0 Å². The summed E-state index contributed by atoms with van der Waals surface area (Å²) >= 11 is 0. The van der Waals surface area contributed by atoms with Crippen molar-refractivity contribution in [2.24, 2.45) is 0 Å². The van der Waals surface area contributed by atoms with Gasteiger partial charge in [0.15, 0.2) is 0 Å². The Kier molecular flexibility index (Phi) is 3.92. The van der Waals surface area contributed by atoms with Crippen molar-refractivity contribution in [2.75, 3.05) is 0 Å². The van der Waals surface area contributed by atoms with Gasteiger partial charge in [0.1, 0.15) is 11.6 Å². The molecule has 2 aromatic rings. The lowest BCUT2D eigenvalue weighted by atomic mass is 10.1. The highest BCUT2D eigenvalue weighted by molar-refractivity contribution is 5.90. The summed E-state index contributed by atoms with van der Waals surface area (Å²) in [6, 6.07) is 3.04. The number of carbonyl (C=O) groups excluding carboxylic acids is 1. The van der Waals surface area contributed by atoms with Gasteiger partial charge in [0.25, 0.3) is 5.91 Å². The fraction of sp³-hybridized carbons (Fsp3) is 0.250. The van der Waals surface area contributed by atoms with Gasteiger partial charge in [0, 0.05) is 11.6 Å². The van der Waals surface area contributed by atoms with E-state index < -0.39 is 29.3 Å². The third-order valence-electron chi connectivity index (χ3n) is 2.67. The number of halogens is 2. The maximum Gasteiger partial charge on any atom is 0.341 e. The van der Waals surface area contributed by atoms with Crippen LogP contribution < -0.4 is 11.0 Å². The van der Waals surface area contributed by atoms with Gasteiger partial charge in [-0.05, 0) is 25.5 Å². The molecule has 0 saturated carbocycles. The molecular weight excluding hydrogens is 270 g/mol. The Bertz CT molecular complexity index is 660. The molecule has 6 nitrogen and oxygen atoms in total. The van der Waals surface area contributed by atoms with Crippen molar-refractivity contribution in [1.82, 2.24) is 20.5 Å². The minimum absolute atomic E-state index is 0.0150. The molecular formula is C12H12F2N4O2. The number of hydrogen-bond acceptors (Lipinski definition) is 3. The van der Waals surface area contributed by atoms with Crippen molar-refractivity contribution < 1.29 is 13.6 Å². The summed E-state index contributed by atoms with van der Waals surface area (Å²) in [4.78, 5) is 24.7. The summed E-state index contributed by atoms with van der Waals surface area (Å²) in [5.41, 5.74) is -0.709. The molecule has 0 radical (unpaired) electrons. The average Bonchev–Trinajstić information content (AvgIpc) is 2.81. The minimum atomic E-state index is -0.667. The number of hydrogen-bond donors (Lipinski definition) is 3. The second-order valence-electron chi connectivity index (χ2n) is 4.31. The molecule has 8 heteroatoms. The first-order chi connectivity index (χ1) is 9.47. The lowest BCUT2D eigenvalue weighted by Crippen LogP contribution is -2.35. The highest BCUT2D eigenvalue weighted by atomic mass is 19.1. The maximum atomic E-state index is 13.5. The molecule has 1 heterocycles. The van der Waals surface area contributed by atoms with Crippen LogP contribution in [0.4, 0.5) is 8.78 Å². The normalized spacial score (nSPS) is 12.2. The van der Waals surface area contributed by atoms with E-state index in [2.05, 4.69) is 15.4 Å². The Balaban J connectivity index is 2.04. The van der Waals surface area contributed by atoms with E-state index in [-0.39, 0.29) is 17.8 Å². The molecule has 0 aliphatic heterocycles. The van der Waals surface area contributed by atoms with Crippen LogP contribution in [0.15, 0.2) is 23.0 Å². The van der Waals surface area contributed by atoms with Crippen molar-refractivity contribution in [3.63, 3.8) is 0 Å². The molecule has 0 fully saturated rings. The minimum Gasteiger partial charge on any atom is -0.347 e. The van der Waals surface area contributed by atoms with Crippen LogP contribution in [0.25, 0.3) is 0 Å². The highest BCUT2D eigenvalue weighted by Gasteiger charge is 2.16. The predicted molar refractivity (Wildman–Crippen MR) is 66.2 cm³/mol. The van der Waals surface area contributed by atoms with Crippen LogP contribution in [0.3, 0.4) is 0 Å². The van der Waals surface area contributed by atoms with Crippen LogP contribution in [0.1, 0.15) is 23.1 Å². The van der Waals surface area contributed by atoms with Crippen molar-refractivity contribution >= 4 is 5.91 Å². The van der Waals surface area contributed by atoms with Crippen LogP contribution in [-0.2, 0) is 6.42 Å². The number of amides is 1. The number of benzene rings is 1. The Labute approximate surface area is 112 Å². The van der Waals surface area contributed by atoms with E-state index in [1.165, 1.54) is 6.07 Å². The molecule has 0 aliphatic rings. The molecule has 0 saturated heterocycles. The lowest BCUT2D eigenvalue weighted by Gasteiger charge is -2.13. The zero-order chi connectivity index (χ0) is 14.7. The van der Waals surface area contributed by atoms with Crippen molar-refractivity contribution in [2.45, 2.75) is 19.4 Å². The van der Waals surface area contributed by atoms with Gasteiger partial charge >= 0.3 is 5.69 Å².